The fourth-order valence-electron chi connectivity index (χ4n) is 2.02. The second kappa shape index (κ2) is 11.5. The minimum absolute atomic E-state index is 0.314. The maximum absolute atomic E-state index is 12.0. The van der Waals surface area contributed by atoms with Gasteiger partial charge in [0.2, 0.25) is 0 Å². The van der Waals surface area contributed by atoms with E-state index < -0.39 is 5.97 Å². The lowest BCUT2D eigenvalue weighted by atomic mass is 9.99. The lowest BCUT2D eigenvalue weighted by Crippen LogP contribution is -2.16. The van der Waals surface area contributed by atoms with Gasteiger partial charge in [-0.1, -0.05) is 33.1 Å². The van der Waals surface area contributed by atoms with Gasteiger partial charge in [0.05, 0.1) is 13.2 Å². The van der Waals surface area contributed by atoms with Crippen molar-refractivity contribution in [3.05, 3.63) is 11.1 Å². The zero-order valence-electron chi connectivity index (χ0n) is 13.3. The highest BCUT2D eigenvalue weighted by Gasteiger charge is 2.21. The standard InChI is InChI=1S/C16H28O4/c1-5-9-10-11-12-14(16(18)20-8-4)13(6-2)15(17)19-7-3/h5-12H2,1-4H3/b14-13-. The second-order valence-electron chi connectivity index (χ2n) is 4.56. The predicted octanol–water partition coefficient (Wildman–Crippen LogP) is 3.79. The summed E-state index contributed by atoms with van der Waals surface area (Å²) < 4.78 is 10.1. The zero-order valence-corrected chi connectivity index (χ0v) is 13.3. The third-order valence-corrected chi connectivity index (χ3v) is 3.04. The van der Waals surface area contributed by atoms with Crippen LogP contribution in [0, 0.1) is 0 Å². The van der Waals surface area contributed by atoms with Crippen molar-refractivity contribution in [2.75, 3.05) is 13.2 Å². The van der Waals surface area contributed by atoms with E-state index in [4.69, 9.17) is 9.47 Å². The third-order valence-electron chi connectivity index (χ3n) is 3.04. The average Bonchev–Trinajstić information content (AvgIpc) is 2.42. The van der Waals surface area contributed by atoms with Crippen LogP contribution in [0.1, 0.15) is 66.2 Å². The summed E-state index contributed by atoms with van der Waals surface area (Å²) in [5.74, 6) is -0.776. The highest BCUT2D eigenvalue weighted by Crippen LogP contribution is 2.19. The highest BCUT2D eigenvalue weighted by atomic mass is 16.5. The van der Waals surface area contributed by atoms with Crippen molar-refractivity contribution in [1.82, 2.24) is 0 Å². The van der Waals surface area contributed by atoms with E-state index in [1.807, 2.05) is 6.92 Å². The molecule has 0 bridgehead atoms. The first kappa shape index (κ1) is 18.7. The van der Waals surface area contributed by atoms with Crippen molar-refractivity contribution >= 4 is 11.9 Å². The quantitative estimate of drug-likeness (QED) is 0.348. The van der Waals surface area contributed by atoms with E-state index in [0.29, 0.717) is 37.2 Å². The van der Waals surface area contributed by atoms with Crippen molar-refractivity contribution in [2.45, 2.75) is 66.2 Å². The molecule has 0 unspecified atom stereocenters. The molecule has 0 aromatic heterocycles. The van der Waals surface area contributed by atoms with E-state index in [0.717, 1.165) is 25.7 Å². The smallest absolute Gasteiger partial charge is 0.334 e. The van der Waals surface area contributed by atoms with Gasteiger partial charge in [-0.25, -0.2) is 9.59 Å². The van der Waals surface area contributed by atoms with Gasteiger partial charge < -0.3 is 9.47 Å². The number of ether oxygens (including phenoxy) is 2. The largest absolute Gasteiger partial charge is 0.463 e. The molecule has 0 aromatic carbocycles. The third kappa shape index (κ3) is 6.73. The maximum Gasteiger partial charge on any atom is 0.334 e. The number of carbonyl (C=O) groups is 2. The summed E-state index contributed by atoms with van der Waals surface area (Å²) in [6.45, 7) is 8.15. The SMILES string of the molecule is CCCCCC/C(C(=O)OCC)=C(\CC)C(=O)OCC. The van der Waals surface area contributed by atoms with Gasteiger partial charge in [-0.15, -0.1) is 0 Å². The molecule has 0 radical (unpaired) electrons. The van der Waals surface area contributed by atoms with Crippen LogP contribution >= 0.6 is 0 Å². The van der Waals surface area contributed by atoms with Crippen LogP contribution in [0.25, 0.3) is 0 Å². The van der Waals surface area contributed by atoms with Gasteiger partial charge in [-0.2, -0.15) is 0 Å². The fraction of sp³-hybridized carbons (Fsp3) is 0.750. The summed E-state index contributed by atoms with van der Waals surface area (Å²) in [5, 5.41) is 0. The lowest BCUT2D eigenvalue weighted by molar-refractivity contribution is -0.142. The first-order valence-electron chi connectivity index (χ1n) is 7.68. The minimum atomic E-state index is -0.395. The zero-order chi connectivity index (χ0) is 15.4. The average molecular weight is 284 g/mol. The Morgan fingerprint density at radius 2 is 1.30 bits per heavy atom. The molecule has 0 rings (SSSR count). The highest BCUT2D eigenvalue weighted by molar-refractivity contribution is 6.00. The molecule has 0 heterocycles. The lowest BCUT2D eigenvalue weighted by Gasteiger charge is -2.12. The molecule has 0 saturated carbocycles. The molecular weight excluding hydrogens is 256 g/mol. The van der Waals surface area contributed by atoms with Crippen molar-refractivity contribution in [3.8, 4) is 0 Å². The molecule has 0 aromatic rings. The molecule has 0 aliphatic rings. The van der Waals surface area contributed by atoms with Crippen LogP contribution in [0.5, 0.6) is 0 Å². The van der Waals surface area contributed by atoms with Crippen molar-refractivity contribution < 1.29 is 19.1 Å². The number of rotatable bonds is 10. The van der Waals surface area contributed by atoms with E-state index in [1.54, 1.807) is 13.8 Å². The molecule has 0 atom stereocenters. The van der Waals surface area contributed by atoms with Crippen LogP contribution < -0.4 is 0 Å². The van der Waals surface area contributed by atoms with Crippen LogP contribution in [-0.4, -0.2) is 25.2 Å². The summed E-state index contributed by atoms with van der Waals surface area (Å²) in [6.07, 6.45) is 5.29. The molecule has 20 heavy (non-hydrogen) atoms. The Morgan fingerprint density at radius 3 is 1.75 bits per heavy atom. The van der Waals surface area contributed by atoms with Crippen molar-refractivity contribution in [1.29, 1.82) is 0 Å². The van der Waals surface area contributed by atoms with E-state index in [2.05, 4.69) is 6.92 Å². The Labute approximate surface area is 122 Å². The summed E-state index contributed by atoms with van der Waals surface area (Å²) in [7, 11) is 0. The molecule has 4 heteroatoms. The first-order valence-corrected chi connectivity index (χ1v) is 7.68. The molecule has 0 aliphatic heterocycles. The van der Waals surface area contributed by atoms with Gasteiger partial charge in [-0.3, -0.25) is 0 Å². The van der Waals surface area contributed by atoms with Crippen LogP contribution in [0.4, 0.5) is 0 Å². The number of carbonyl (C=O) groups excluding carboxylic acids is 2. The van der Waals surface area contributed by atoms with Gasteiger partial charge in [0.15, 0.2) is 0 Å². The van der Waals surface area contributed by atoms with E-state index in [1.165, 1.54) is 0 Å². The number of hydrogen-bond donors (Lipinski definition) is 0. The Bertz CT molecular complexity index is 331. The van der Waals surface area contributed by atoms with Gasteiger partial charge in [-0.05, 0) is 33.1 Å². The number of unbranched alkanes of at least 4 members (excludes halogenated alkanes) is 3. The second-order valence-corrected chi connectivity index (χ2v) is 4.56. The predicted molar refractivity (Wildman–Crippen MR) is 79.3 cm³/mol. The van der Waals surface area contributed by atoms with Gasteiger partial charge >= 0.3 is 11.9 Å². The van der Waals surface area contributed by atoms with Gasteiger partial charge in [0, 0.05) is 11.1 Å². The molecule has 0 amide bonds. The molecule has 0 aliphatic carbocycles. The molecule has 0 spiro atoms. The Hall–Kier alpha value is -1.32. The normalized spacial score (nSPS) is 11.8. The maximum atomic E-state index is 12.0. The Kier molecular flexibility index (Phi) is 10.7. The fourth-order valence-corrected chi connectivity index (χ4v) is 2.02. The van der Waals surface area contributed by atoms with E-state index in [-0.39, 0.29) is 5.97 Å². The van der Waals surface area contributed by atoms with Crippen LogP contribution in [0.3, 0.4) is 0 Å². The topological polar surface area (TPSA) is 52.6 Å². The Balaban J connectivity index is 5.01. The number of esters is 2. The van der Waals surface area contributed by atoms with Gasteiger partial charge in [0.25, 0.3) is 0 Å². The van der Waals surface area contributed by atoms with Crippen LogP contribution in [0.2, 0.25) is 0 Å². The summed E-state index contributed by atoms with van der Waals surface area (Å²) in [4.78, 5) is 24.0. The van der Waals surface area contributed by atoms with Crippen molar-refractivity contribution in [3.63, 3.8) is 0 Å². The summed E-state index contributed by atoms with van der Waals surface area (Å²) >= 11 is 0. The Morgan fingerprint density at radius 1 is 0.750 bits per heavy atom. The first-order chi connectivity index (χ1) is 9.62. The molecule has 0 fully saturated rings. The monoisotopic (exact) mass is 284 g/mol. The van der Waals surface area contributed by atoms with Gasteiger partial charge in [0.1, 0.15) is 0 Å². The molecule has 0 N–H and O–H groups in total. The van der Waals surface area contributed by atoms with E-state index >= 15 is 0 Å². The van der Waals surface area contributed by atoms with Crippen LogP contribution in [-0.2, 0) is 19.1 Å². The van der Waals surface area contributed by atoms with E-state index in [9.17, 15) is 9.59 Å². The summed E-state index contributed by atoms with van der Waals surface area (Å²) in [5.41, 5.74) is 0.950. The molecule has 0 saturated heterocycles. The minimum Gasteiger partial charge on any atom is -0.463 e. The molecular formula is C16H28O4. The summed E-state index contributed by atoms with van der Waals surface area (Å²) in [6, 6.07) is 0. The number of hydrogen-bond acceptors (Lipinski definition) is 4. The van der Waals surface area contributed by atoms with Crippen LogP contribution in [0.15, 0.2) is 11.1 Å². The molecule has 116 valence electrons. The van der Waals surface area contributed by atoms with Crippen molar-refractivity contribution in [2.24, 2.45) is 0 Å². The molecule has 4 nitrogen and oxygen atoms in total.